The number of nitrogens with zero attached hydrogens (tertiary/aromatic N) is 1. The average Bonchev–Trinajstić information content (AvgIpc) is 3.73. The minimum absolute atomic E-state index is 0.0181. The van der Waals surface area contributed by atoms with E-state index in [1.807, 2.05) is 11.0 Å². The van der Waals surface area contributed by atoms with Gasteiger partial charge in [0.2, 0.25) is 0 Å². The van der Waals surface area contributed by atoms with Gasteiger partial charge in [0.15, 0.2) is 11.3 Å². The lowest BCUT2D eigenvalue weighted by molar-refractivity contribution is -0.199. The van der Waals surface area contributed by atoms with Crippen molar-refractivity contribution in [3.63, 3.8) is 0 Å². The second kappa shape index (κ2) is 14.6. The summed E-state index contributed by atoms with van der Waals surface area (Å²) in [5.74, 6) is -0.299. The van der Waals surface area contributed by atoms with Crippen LogP contribution in [-0.4, -0.2) is 103 Å². The molecule has 0 spiro atoms. The van der Waals surface area contributed by atoms with E-state index in [1.54, 1.807) is 75.3 Å². The molecule has 1 amide bonds. The molecule has 1 N–H and O–H groups in total. The fraction of sp³-hybridized carbons (Fsp3) is 0.762. The first-order valence-corrected chi connectivity index (χ1v) is 20.3. The molecule has 1 aromatic rings. The molecule has 1 aromatic carbocycles. The van der Waals surface area contributed by atoms with E-state index in [9.17, 15) is 19.2 Å². The van der Waals surface area contributed by atoms with E-state index in [1.165, 1.54) is 7.11 Å². The van der Waals surface area contributed by atoms with Crippen molar-refractivity contribution in [1.82, 2.24) is 10.2 Å². The van der Waals surface area contributed by atoms with Gasteiger partial charge in [-0.2, -0.15) is 0 Å². The van der Waals surface area contributed by atoms with E-state index < -0.39 is 59.8 Å². The van der Waals surface area contributed by atoms with Crippen molar-refractivity contribution in [2.75, 3.05) is 26.7 Å². The van der Waals surface area contributed by atoms with E-state index in [4.69, 9.17) is 37.7 Å². The molecule has 0 aromatic heterocycles. The molecule has 2 aliphatic heterocycles. The summed E-state index contributed by atoms with van der Waals surface area (Å²) in [4.78, 5) is 55.0. The zero-order valence-corrected chi connectivity index (χ0v) is 36.3. The number of benzene rings is 1. The number of hydrogen-bond donors (Lipinski definition) is 1. The molecular formula is C42H63BN2O12. The smallest absolute Gasteiger partial charge is 0.487 e. The monoisotopic (exact) mass is 798 g/mol. The molecule has 14 nitrogen and oxygen atoms in total. The lowest BCUT2D eigenvalue weighted by atomic mass is 9.43. The van der Waals surface area contributed by atoms with Crippen LogP contribution in [0.3, 0.4) is 0 Å². The van der Waals surface area contributed by atoms with Crippen LogP contribution in [0.4, 0.5) is 9.59 Å². The Morgan fingerprint density at radius 1 is 0.877 bits per heavy atom. The van der Waals surface area contributed by atoms with Gasteiger partial charge in [0.1, 0.15) is 34.2 Å². The van der Waals surface area contributed by atoms with E-state index in [0.717, 1.165) is 12.8 Å². The molecule has 4 saturated carbocycles. The predicted molar refractivity (Wildman–Crippen MR) is 210 cm³/mol. The Labute approximate surface area is 337 Å². The molecule has 2 saturated heterocycles. The lowest BCUT2D eigenvalue weighted by Gasteiger charge is -2.64. The summed E-state index contributed by atoms with van der Waals surface area (Å²) < 4.78 is 47.8. The minimum atomic E-state index is -1.42. The molecule has 57 heavy (non-hydrogen) atoms. The van der Waals surface area contributed by atoms with Gasteiger partial charge in [-0.05, 0) is 130 Å². The number of methoxy groups -OCH3 is 1. The van der Waals surface area contributed by atoms with E-state index >= 15 is 0 Å². The number of esters is 2. The number of amides is 1. The van der Waals surface area contributed by atoms with Gasteiger partial charge < -0.3 is 43.0 Å². The Bertz CT molecular complexity index is 1760. The van der Waals surface area contributed by atoms with Crippen LogP contribution in [0, 0.1) is 17.3 Å². The van der Waals surface area contributed by atoms with Crippen LogP contribution in [0.1, 0.15) is 131 Å². The maximum Gasteiger partial charge on any atom is 0.514 e. The summed E-state index contributed by atoms with van der Waals surface area (Å²) >= 11 is 0. The van der Waals surface area contributed by atoms with E-state index in [-0.39, 0.29) is 52.5 Å². The third-order valence-corrected chi connectivity index (χ3v) is 12.1. The second-order valence-electron chi connectivity index (χ2n) is 20.7. The zero-order chi connectivity index (χ0) is 42.3. The molecule has 4 aliphatic carbocycles. The zero-order valence-electron chi connectivity index (χ0n) is 36.3. The normalized spacial score (nSPS) is 29.1. The van der Waals surface area contributed by atoms with Crippen LogP contribution in [0.25, 0.3) is 0 Å². The van der Waals surface area contributed by atoms with Crippen molar-refractivity contribution < 1.29 is 56.9 Å². The van der Waals surface area contributed by atoms with Crippen molar-refractivity contribution in [3.05, 3.63) is 23.3 Å². The standard InChI is InChI=1S/C42H63BN2O12/c1-37(2,3)53-33(46)31-28(51-24-20-45(21-24)22-41(12,34(47)50-14)44-35(48)54-38(4,5)6)16-15-25(32(31)52-36(49)55-39(7,8)9)26-19-27(26)43-56-30-18-23-17-29(40(23,10)11)42(30,13)57-43/h15-16,23-24,26-27,29-30H,17-22H2,1-14H3,(H,44,48)/t23-,26?,27?,29-,30+,41+,42-/m0/s1. The average molecular weight is 799 g/mol. The van der Waals surface area contributed by atoms with Gasteiger partial charge >= 0.3 is 31.3 Å². The first-order chi connectivity index (χ1) is 26.1. The predicted octanol–water partition coefficient (Wildman–Crippen LogP) is 7.06. The van der Waals surface area contributed by atoms with Crippen LogP contribution in [0.5, 0.6) is 11.5 Å². The Kier molecular flexibility index (Phi) is 11.0. The quantitative estimate of drug-likeness (QED) is 0.111. The molecule has 6 fully saturated rings. The molecule has 316 valence electrons. The summed E-state index contributed by atoms with van der Waals surface area (Å²) in [6.45, 7) is 24.9. The van der Waals surface area contributed by atoms with E-state index in [0.29, 0.717) is 36.9 Å². The number of ether oxygens (including phenoxy) is 6. The van der Waals surface area contributed by atoms with Crippen molar-refractivity contribution >= 4 is 31.3 Å². The molecule has 7 rings (SSSR count). The largest absolute Gasteiger partial charge is 0.514 e. The van der Waals surface area contributed by atoms with Crippen molar-refractivity contribution in [2.45, 2.75) is 161 Å². The third-order valence-electron chi connectivity index (χ3n) is 12.1. The first kappa shape index (κ1) is 43.0. The molecular weight excluding hydrogens is 735 g/mol. The lowest BCUT2D eigenvalue weighted by Crippen LogP contribution is -2.65. The Morgan fingerprint density at radius 3 is 2.09 bits per heavy atom. The highest BCUT2D eigenvalue weighted by molar-refractivity contribution is 6.49. The molecule has 15 heteroatoms. The summed E-state index contributed by atoms with van der Waals surface area (Å²) in [7, 11) is 0.822. The molecule has 7 atom stereocenters. The van der Waals surface area contributed by atoms with Crippen LogP contribution in [0.2, 0.25) is 5.82 Å². The number of carbonyl (C=O) groups excluding carboxylic acids is 4. The summed E-state index contributed by atoms with van der Waals surface area (Å²) in [5, 5.41) is 2.66. The van der Waals surface area contributed by atoms with Gasteiger partial charge in [-0.15, -0.1) is 0 Å². The number of likely N-dealkylation sites (tertiary alicyclic amines) is 1. The summed E-state index contributed by atoms with van der Waals surface area (Å²) in [6.07, 6.45) is 0.695. The van der Waals surface area contributed by atoms with Gasteiger partial charge in [-0.1, -0.05) is 19.9 Å². The van der Waals surface area contributed by atoms with Crippen molar-refractivity contribution in [3.8, 4) is 11.5 Å². The van der Waals surface area contributed by atoms with Crippen LogP contribution in [0.15, 0.2) is 12.1 Å². The fourth-order valence-electron chi connectivity index (χ4n) is 9.18. The van der Waals surface area contributed by atoms with Crippen molar-refractivity contribution in [1.29, 1.82) is 0 Å². The molecule has 0 radical (unpaired) electrons. The van der Waals surface area contributed by atoms with Crippen LogP contribution >= 0.6 is 0 Å². The fourth-order valence-corrected chi connectivity index (χ4v) is 9.18. The maximum absolute atomic E-state index is 14.2. The highest BCUT2D eigenvalue weighted by Gasteiger charge is 2.70. The number of hydrogen-bond acceptors (Lipinski definition) is 13. The SMILES string of the molecule is COC(=O)[C@@](C)(CN1CC(Oc2ccc(C3CC3B3O[C@@H]4C[C@@H]5C[C@@H](C5(C)C)[C@]4(C)O3)c(OC(=O)OC(C)(C)C)c2C(=O)OC(C)(C)C)C1)NC(=O)OC(C)(C)C. The Balaban J connectivity index is 1.25. The van der Waals surface area contributed by atoms with Gasteiger partial charge in [0.05, 0.1) is 18.8 Å². The van der Waals surface area contributed by atoms with E-state index in [2.05, 4.69) is 26.1 Å². The topological polar surface area (TPSA) is 157 Å². The summed E-state index contributed by atoms with van der Waals surface area (Å²) in [5.41, 5.74) is -3.49. The number of carbonyl (C=O) groups is 4. The van der Waals surface area contributed by atoms with Gasteiger partial charge in [-0.3, -0.25) is 4.90 Å². The van der Waals surface area contributed by atoms with Gasteiger partial charge in [0, 0.05) is 25.5 Å². The Morgan fingerprint density at radius 2 is 1.51 bits per heavy atom. The van der Waals surface area contributed by atoms with Crippen LogP contribution < -0.4 is 14.8 Å². The number of nitrogens with one attached hydrogen (secondary N) is 1. The second-order valence-corrected chi connectivity index (χ2v) is 20.7. The third kappa shape index (κ3) is 9.05. The maximum atomic E-state index is 14.2. The van der Waals surface area contributed by atoms with Crippen molar-refractivity contribution in [2.24, 2.45) is 17.3 Å². The first-order valence-electron chi connectivity index (χ1n) is 20.3. The van der Waals surface area contributed by atoms with Crippen LogP contribution in [-0.2, 0) is 33.1 Å². The van der Waals surface area contributed by atoms with Gasteiger partial charge in [-0.25, -0.2) is 19.2 Å². The molecule has 2 heterocycles. The Hall–Kier alpha value is -3.56. The number of rotatable bonds is 10. The minimum Gasteiger partial charge on any atom is -0.487 e. The molecule has 6 aliphatic rings. The van der Waals surface area contributed by atoms with Gasteiger partial charge in [0.25, 0.3) is 0 Å². The highest BCUT2D eigenvalue weighted by atomic mass is 16.7. The summed E-state index contributed by atoms with van der Waals surface area (Å²) in [6, 6.07) is 3.54. The molecule has 2 unspecified atom stereocenters. The molecule has 2 bridgehead atoms. The number of alkyl carbamates (subject to hydrolysis) is 1. The highest BCUT2D eigenvalue weighted by Crippen LogP contribution is 2.68.